The van der Waals surface area contributed by atoms with Gasteiger partial charge in [0, 0.05) is 13.0 Å². The molecule has 52 heavy (non-hydrogen) atoms. The third-order valence-corrected chi connectivity index (χ3v) is 8.50. The maximum Gasteiger partial charge on any atom is 0.326 e. The summed E-state index contributed by atoms with van der Waals surface area (Å²) in [5, 5.41) is 17.1. The SMILES string of the molecule is CC(C)C(NC(=O)CCc1ccc(-c2ccc(CCCCN=C(N)NC(=O)c3nc(Cl)c(N)nc3N)cc2)cc1)C(=O)NC(CCCCN)C(=O)O. The Kier molecular flexibility index (Phi) is 16.3. The Morgan fingerprint density at radius 3 is 2.04 bits per heavy atom. The van der Waals surface area contributed by atoms with Crippen molar-refractivity contribution in [2.45, 2.75) is 77.3 Å². The van der Waals surface area contributed by atoms with Gasteiger partial charge in [-0.1, -0.05) is 74.0 Å². The molecule has 3 aromatic rings. The number of aromatic nitrogens is 2. The highest BCUT2D eigenvalue weighted by Crippen LogP contribution is 2.22. The Morgan fingerprint density at radius 1 is 0.846 bits per heavy atom. The molecule has 1 aromatic heterocycles. The first-order valence-corrected chi connectivity index (χ1v) is 17.6. The van der Waals surface area contributed by atoms with E-state index in [9.17, 15) is 24.3 Å². The van der Waals surface area contributed by atoms with Crippen molar-refractivity contribution in [1.82, 2.24) is 25.9 Å². The molecule has 1 heterocycles. The first kappa shape index (κ1) is 41.1. The van der Waals surface area contributed by atoms with Crippen molar-refractivity contribution < 1.29 is 24.3 Å². The largest absolute Gasteiger partial charge is 0.480 e. The van der Waals surface area contributed by atoms with Crippen molar-refractivity contribution in [1.29, 1.82) is 0 Å². The normalized spacial score (nSPS) is 12.6. The smallest absolute Gasteiger partial charge is 0.326 e. The van der Waals surface area contributed by atoms with Crippen molar-refractivity contribution in [2.24, 2.45) is 22.4 Å². The van der Waals surface area contributed by atoms with E-state index < -0.39 is 29.9 Å². The maximum atomic E-state index is 12.9. The van der Waals surface area contributed by atoms with Gasteiger partial charge in [-0.15, -0.1) is 0 Å². The van der Waals surface area contributed by atoms with Gasteiger partial charge < -0.3 is 38.7 Å². The lowest BCUT2D eigenvalue weighted by atomic mass is 9.99. The number of aliphatic carboxylic acids is 1. The lowest BCUT2D eigenvalue weighted by molar-refractivity contribution is -0.142. The minimum Gasteiger partial charge on any atom is -0.480 e. The number of halogens is 1. The van der Waals surface area contributed by atoms with E-state index in [1.165, 1.54) is 5.56 Å². The number of nitrogens with two attached hydrogens (primary N) is 4. The molecule has 0 saturated carbocycles. The van der Waals surface area contributed by atoms with Gasteiger partial charge in [-0.25, -0.2) is 14.8 Å². The van der Waals surface area contributed by atoms with Gasteiger partial charge in [0.1, 0.15) is 12.1 Å². The Labute approximate surface area is 308 Å². The van der Waals surface area contributed by atoms with E-state index in [0.29, 0.717) is 32.4 Å². The number of nitrogen functional groups attached to an aromatic ring is 2. The van der Waals surface area contributed by atoms with Crippen molar-refractivity contribution in [3.8, 4) is 11.1 Å². The zero-order valence-corrected chi connectivity index (χ0v) is 30.3. The number of aliphatic imine (C=N–C) groups is 1. The van der Waals surface area contributed by atoms with E-state index in [0.717, 1.165) is 36.0 Å². The summed E-state index contributed by atoms with van der Waals surface area (Å²) in [6.45, 7) is 4.46. The number of anilines is 2. The monoisotopic (exact) mass is 736 g/mol. The Balaban J connectivity index is 1.42. The number of unbranched alkanes of at least 4 members (excludes halogenated alkanes) is 2. The van der Waals surface area contributed by atoms with Crippen LogP contribution in [-0.4, -0.2) is 69.9 Å². The third-order valence-electron chi connectivity index (χ3n) is 8.23. The highest BCUT2D eigenvalue weighted by atomic mass is 35.5. The number of benzene rings is 2. The number of carbonyl (C=O) groups excluding carboxylic acids is 3. The number of carboxylic acid groups (broad SMARTS) is 1. The number of hydrogen-bond acceptors (Lipinski definition) is 10. The van der Waals surface area contributed by atoms with E-state index in [1.54, 1.807) is 13.8 Å². The molecule has 2 atom stereocenters. The van der Waals surface area contributed by atoms with E-state index in [1.807, 2.05) is 24.3 Å². The number of carboxylic acids is 1. The number of amides is 3. The molecule has 12 N–H and O–H groups in total. The number of hydrogen-bond donors (Lipinski definition) is 8. The minimum atomic E-state index is -1.11. The molecule has 3 amide bonds. The second-order valence-electron chi connectivity index (χ2n) is 12.7. The zero-order valence-electron chi connectivity index (χ0n) is 29.5. The summed E-state index contributed by atoms with van der Waals surface area (Å²) in [6, 6.07) is 14.4. The van der Waals surface area contributed by atoms with Gasteiger partial charge in [-0.3, -0.25) is 24.7 Å². The summed E-state index contributed by atoms with van der Waals surface area (Å²) in [6.07, 6.45) is 4.63. The van der Waals surface area contributed by atoms with Crippen LogP contribution in [0, 0.1) is 5.92 Å². The Bertz CT molecular complexity index is 1700. The number of rotatable bonds is 19. The summed E-state index contributed by atoms with van der Waals surface area (Å²) in [7, 11) is 0. The van der Waals surface area contributed by atoms with Crippen LogP contribution in [0.3, 0.4) is 0 Å². The summed E-state index contributed by atoms with van der Waals surface area (Å²) >= 11 is 5.82. The van der Waals surface area contributed by atoms with Gasteiger partial charge in [0.25, 0.3) is 5.91 Å². The maximum absolute atomic E-state index is 12.9. The average Bonchev–Trinajstić information content (AvgIpc) is 3.10. The number of carbonyl (C=O) groups is 4. The predicted molar refractivity (Wildman–Crippen MR) is 202 cm³/mol. The second-order valence-corrected chi connectivity index (χ2v) is 13.0. The zero-order chi connectivity index (χ0) is 38.2. The van der Waals surface area contributed by atoms with E-state index in [4.69, 9.17) is 34.5 Å². The van der Waals surface area contributed by atoms with Crippen LogP contribution in [-0.2, 0) is 27.2 Å². The summed E-state index contributed by atoms with van der Waals surface area (Å²) in [5.41, 5.74) is 26.6. The van der Waals surface area contributed by atoms with Crippen LogP contribution in [0.2, 0.25) is 5.15 Å². The van der Waals surface area contributed by atoms with Gasteiger partial charge in [-0.2, -0.15) is 0 Å². The number of nitrogens with zero attached hydrogens (tertiary/aromatic N) is 3. The molecule has 3 rings (SSSR count). The van der Waals surface area contributed by atoms with E-state index >= 15 is 0 Å². The molecule has 0 fully saturated rings. The standard InChI is InChI=1S/C36H49ClN10O5/c1-21(2)28(33(49)43-26(35(51)52)8-3-5-19-38)44-27(48)18-13-23-11-16-25(17-12-23)24-14-9-22(10-15-24)7-4-6-20-42-36(41)47-34(50)29-31(39)46-32(40)30(37)45-29/h9-12,14-17,21,26,28H,3-8,13,18-20,38H2,1-2H3,(H,43,49)(H,44,48)(H,51,52)(H4,39,40,46)(H3,41,42,47,50). The summed E-state index contributed by atoms with van der Waals surface area (Å²) in [4.78, 5) is 61.4. The molecule has 2 aromatic carbocycles. The lowest BCUT2D eigenvalue weighted by Crippen LogP contribution is -2.53. The third kappa shape index (κ3) is 13.1. The minimum absolute atomic E-state index is 0.0697. The van der Waals surface area contributed by atoms with Crippen LogP contribution < -0.4 is 38.9 Å². The highest BCUT2D eigenvalue weighted by Gasteiger charge is 2.28. The quantitative estimate of drug-likeness (QED) is 0.0504. The predicted octanol–water partition coefficient (Wildman–Crippen LogP) is 2.80. The van der Waals surface area contributed by atoms with Crippen molar-refractivity contribution in [2.75, 3.05) is 24.6 Å². The van der Waals surface area contributed by atoms with Crippen LogP contribution in [0.5, 0.6) is 0 Å². The summed E-state index contributed by atoms with van der Waals surface area (Å²) in [5.74, 6) is -3.14. The molecule has 0 aliphatic rings. The number of aryl methyl sites for hydroxylation is 2. The lowest BCUT2D eigenvalue weighted by Gasteiger charge is -2.24. The molecule has 2 unspecified atom stereocenters. The molecule has 0 aliphatic carbocycles. The van der Waals surface area contributed by atoms with Gasteiger partial charge in [0.05, 0.1) is 0 Å². The van der Waals surface area contributed by atoms with E-state index in [2.05, 4.69) is 55.2 Å². The Hall–Kier alpha value is -5.28. The van der Waals surface area contributed by atoms with Crippen LogP contribution in [0.1, 0.15) is 74.0 Å². The molecule has 15 nitrogen and oxygen atoms in total. The molecule has 0 aliphatic heterocycles. The number of guanidine groups is 1. The topological polar surface area (TPSA) is 267 Å². The molecule has 0 spiro atoms. The first-order chi connectivity index (χ1) is 24.8. The molecular weight excluding hydrogens is 688 g/mol. The van der Waals surface area contributed by atoms with Gasteiger partial charge in [0.15, 0.2) is 28.4 Å². The first-order valence-electron chi connectivity index (χ1n) is 17.2. The van der Waals surface area contributed by atoms with Gasteiger partial charge in [-0.05, 0) is 79.7 Å². The van der Waals surface area contributed by atoms with Crippen LogP contribution in [0.15, 0.2) is 53.5 Å². The molecule has 280 valence electrons. The van der Waals surface area contributed by atoms with Crippen LogP contribution in [0.4, 0.5) is 11.6 Å². The molecule has 0 bridgehead atoms. The van der Waals surface area contributed by atoms with Gasteiger partial charge >= 0.3 is 5.97 Å². The molecular formula is C36H49ClN10O5. The Morgan fingerprint density at radius 2 is 1.46 bits per heavy atom. The van der Waals surface area contributed by atoms with E-state index in [-0.39, 0.29) is 53.1 Å². The fourth-order valence-corrected chi connectivity index (χ4v) is 5.37. The second kappa shape index (κ2) is 20.5. The fourth-order valence-electron chi connectivity index (χ4n) is 5.24. The highest BCUT2D eigenvalue weighted by molar-refractivity contribution is 6.31. The fraction of sp³-hybridized carbons (Fsp3) is 0.417. The van der Waals surface area contributed by atoms with Crippen molar-refractivity contribution in [3.63, 3.8) is 0 Å². The summed E-state index contributed by atoms with van der Waals surface area (Å²) < 4.78 is 0. The molecule has 16 heteroatoms. The van der Waals surface area contributed by atoms with Crippen LogP contribution >= 0.6 is 11.6 Å². The average molecular weight is 737 g/mol. The molecule has 0 radical (unpaired) electrons. The van der Waals surface area contributed by atoms with Gasteiger partial charge in [0.2, 0.25) is 11.8 Å². The van der Waals surface area contributed by atoms with Crippen molar-refractivity contribution >= 4 is 52.9 Å². The number of nitrogens with one attached hydrogen (secondary N) is 3. The van der Waals surface area contributed by atoms with Crippen molar-refractivity contribution in [3.05, 3.63) is 70.5 Å². The molecule has 0 saturated heterocycles. The van der Waals surface area contributed by atoms with Crippen LogP contribution in [0.25, 0.3) is 11.1 Å².